The Morgan fingerprint density at radius 3 is 2.46 bits per heavy atom. The van der Waals surface area contributed by atoms with Crippen LogP contribution in [0.15, 0.2) is 65.7 Å². The Labute approximate surface area is 160 Å². The highest BCUT2D eigenvalue weighted by atomic mass is 35.5. The predicted octanol–water partition coefficient (Wildman–Crippen LogP) is 3.99. The number of nitrogens with zero attached hydrogens (tertiary/aromatic N) is 1. The van der Waals surface area contributed by atoms with Crippen LogP contribution in [0, 0.1) is 6.92 Å². The Hall–Kier alpha value is -2.08. The molecule has 4 rings (SSSR count). The Bertz CT molecular complexity index is 1070. The highest BCUT2D eigenvalue weighted by Gasteiger charge is 2.22. The first kappa shape index (κ1) is 18.7. The van der Waals surface area contributed by atoms with E-state index in [0.29, 0.717) is 4.90 Å². The van der Waals surface area contributed by atoms with E-state index < -0.39 is 10.0 Å². The maximum Gasteiger partial charge on any atom is 0.268 e. The lowest BCUT2D eigenvalue weighted by molar-refractivity contribution is 0.589. The average molecular weight is 389 g/mol. The molecule has 0 radical (unpaired) electrons. The third-order valence-corrected chi connectivity index (χ3v) is 6.35. The van der Waals surface area contributed by atoms with E-state index in [2.05, 4.69) is 11.4 Å². The largest absolute Gasteiger partial charge is 0.313 e. The van der Waals surface area contributed by atoms with Gasteiger partial charge in [0, 0.05) is 23.7 Å². The molecule has 1 N–H and O–H groups in total. The number of rotatable bonds is 3. The number of halogens is 1. The summed E-state index contributed by atoms with van der Waals surface area (Å²) in [6.45, 7) is 3.68. The van der Waals surface area contributed by atoms with Gasteiger partial charge in [-0.3, -0.25) is 0 Å². The van der Waals surface area contributed by atoms with E-state index >= 15 is 0 Å². The lowest BCUT2D eigenvalue weighted by Gasteiger charge is -2.13. The van der Waals surface area contributed by atoms with Crippen molar-refractivity contribution in [3.63, 3.8) is 0 Å². The van der Waals surface area contributed by atoms with Crippen LogP contribution in [-0.2, 0) is 10.0 Å². The molecule has 0 unspecified atom stereocenters. The minimum Gasteiger partial charge on any atom is -0.313 e. The summed E-state index contributed by atoms with van der Waals surface area (Å²) in [7, 11) is -3.63. The average Bonchev–Trinajstić information content (AvgIpc) is 3.03. The number of para-hydroxylation sites is 1. The fourth-order valence-electron chi connectivity index (χ4n) is 3.30. The van der Waals surface area contributed by atoms with E-state index in [1.165, 1.54) is 9.55 Å². The zero-order chi connectivity index (χ0) is 17.4. The van der Waals surface area contributed by atoms with Crippen molar-refractivity contribution >= 4 is 38.9 Å². The summed E-state index contributed by atoms with van der Waals surface area (Å²) in [6, 6.07) is 14.7. The second-order valence-corrected chi connectivity index (χ2v) is 8.17. The molecule has 2 heterocycles. The first-order chi connectivity index (χ1) is 12.1. The lowest BCUT2D eigenvalue weighted by Crippen LogP contribution is -2.20. The van der Waals surface area contributed by atoms with Gasteiger partial charge in [-0.05, 0) is 43.7 Å². The molecule has 4 nitrogen and oxygen atoms in total. The summed E-state index contributed by atoms with van der Waals surface area (Å²) in [4.78, 5) is 0.310. The van der Waals surface area contributed by atoms with Crippen LogP contribution in [-0.4, -0.2) is 25.5 Å². The summed E-state index contributed by atoms with van der Waals surface area (Å²) in [5, 5.41) is 4.28. The molecule has 0 amide bonds. The summed E-state index contributed by atoms with van der Waals surface area (Å²) in [6.07, 6.45) is 4.82. The topological polar surface area (TPSA) is 51.1 Å². The van der Waals surface area contributed by atoms with Crippen molar-refractivity contribution in [2.24, 2.45) is 0 Å². The molecule has 0 atom stereocenters. The predicted molar refractivity (Wildman–Crippen MR) is 108 cm³/mol. The van der Waals surface area contributed by atoms with Crippen LogP contribution < -0.4 is 5.32 Å². The number of aryl methyl sites for hydroxylation is 1. The number of hydrogen-bond donors (Lipinski definition) is 1. The van der Waals surface area contributed by atoms with E-state index in [-0.39, 0.29) is 12.4 Å². The van der Waals surface area contributed by atoms with Gasteiger partial charge < -0.3 is 5.32 Å². The SMILES string of the molecule is Cc1ccc(S(=O)(=O)n2cc(C3=CCNCC3)c3ccccc32)cc1.Cl. The first-order valence-corrected chi connectivity index (χ1v) is 9.84. The van der Waals surface area contributed by atoms with E-state index in [9.17, 15) is 8.42 Å². The minimum atomic E-state index is -3.63. The van der Waals surface area contributed by atoms with Crippen LogP contribution in [0.1, 0.15) is 17.5 Å². The molecule has 0 bridgehead atoms. The number of aromatic nitrogens is 1. The van der Waals surface area contributed by atoms with E-state index in [1.807, 2.05) is 43.3 Å². The molecule has 3 aromatic rings. The molecule has 2 aromatic carbocycles. The Balaban J connectivity index is 0.00000196. The summed E-state index contributed by atoms with van der Waals surface area (Å²) < 4.78 is 27.8. The van der Waals surface area contributed by atoms with Crippen LogP contribution in [0.5, 0.6) is 0 Å². The third kappa shape index (κ3) is 3.18. The smallest absolute Gasteiger partial charge is 0.268 e. The molecule has 1 aliphatic heterocycles. The highest BCUT2D eigenvalue weighted by molar-refractivity contribution is 7.90. The number of fused-ring (bicyclic) bond motifs is 1. The Morgan fingerprint density at radius 1 is 1.04 bits per heavy atom. The third-order valence-electron chi connectivity index (χ3n) is 4.67. The fourth-order valence-corrected chi connectivity index (χ4v) is 4.67. The molecule has 0 spiro atoms. The maximum atomic E-state index is 13.2. The fraction of sp³-hybridized carbons (Fsp3) is 0.200. The maximum absolute atomic E-state index is 13.2. The van der Waals surface area contributed by atoms with E-state index in [4.69, 9.17) is 0 Å². The summed E-state index contributed by atoms with van der Waals surface area (Å²) >= 11 is 0. The normalized spacial score (nSPS) is 14.7. The van der Waals surface area contributed by atoms with Crippen molar-refractivity contribution < 1.29 is 8.42 Å². The van der Waals surface area contributed by atoms with E-state index in [0.717, 1.165) is 41.5 Å². The second kappa shape index (κ2) is 7.27. The zero-order valence-corrected chi connectivity index (χ0v) is 16.1. The van der Waals surface area contributed by atoms with Crippen molar-refractivity contribution in [3.8, 4) is 0 Å². The second-order valence-electron chi connectivity index (χ2n) is 6.36. The molecule has 1 aromatic heterocycles. The van der Waals surface area contributed by atoms with Gasteiger partial charge in [-0.25, -0.2) is 12.4 Å². The Morgan fingerprint density at radius 2 is 1.77 bits per heavy atom. The monoisotopic (exact) mass is 388 g/mol. The van der Waals surface area contributed by atoms with Gasteiger partial charge in [0.25, 0.3) is 10.0 Å². The van der Waals surface area contributed by atoms with Crippen molar-refractivity contribution in [1.82, 2.24) is 9.29 Å². The van der Waals surface area contributed by atoms with Crippen molar-refractivity contribution in [1.29, 1.82) is 0 Å². The van der Waals surface area contributed by atoms with Crippen LogP contribution in [0.25, 0.3) is 16.5 Å². The minimum absolute atomic E-state index is 0. The van der Waals surface area contributed by atoms with Crippen molar-refractivity contribution in [2.45, 2.75) is 18.2 Å². The van der Waals surface area contributed by atoms with Gasteiger partial charge in [-0.1, -0.05) is 42.0 Å². The van der Waals surface area contributed by atoms with Gasteiger partial charge in [0.05, 0.1) is 10.4 Å². The summed E-state index contributed by atoms with van der Waals surface area (Å²) in [5.41, 5.74) is 3.97. The number of hydrogen-bond acceptors (Lipinski definition) is 3. The quantitative estimate of drug-likeness (QED) is 0.738. The van der Waals surface area contributed by atoms with Gasteiger partial charge in [0.1, 0.15) is 0 Å². The van der Waals surface area contributed by atoms with Crippen LogP contribution in [0.3, 0.4) is 0 Å². The molecule has 26 heavy (non-hydrogen) atoms. The van der Waals surface area contributed by atoms with E-state index in [1.54, 1.807) is 18.3 Å². The van der Waals surface area contributed by atoms with Crippen molar-refractivity contribution in [2.75, 3.05) is 13.1 Å². The highest BCUT2D eigenvalue weighted by Crippen LogP contribution is 2.32. The zero-order valence-electron chi connectivity index (χ0n) is 14.5. The Kier molecular flexibility index (Phi) is 5.23. The molecule has 1 aliphatic rings. The lowest BCUT2D eigenvalue weighted by atomic mass is 10.00. The standard InChI is InChI=1S/C20H20N2O2S.ClH/c1-15-6-8-17(9-7-15)25(23,24)22-14-19(16-10-12-21-13-11-16)18-4-2-3-5-20(18)22;/h2-10,14,21H,11-13H2,1H3;1H. The molecule has 0 aliphatic carbocycles. The molecule has 0 saturated carbocycles. The number of nitrogens with one attached hydrogen (secondary N) is 1. The first-order valence-electron chi connectivity index (χ1n) is 8.40. The molecule has 0 saturated heterocycles. The summed E-state index contributed by atoms with van der Waals surface area (Å²) in [5.74, 6) is 0. The van der Waals surface area contributed by atoms with Crippen LogP contribution in [0.4, 0.5) is 0 Å². The molecular formula is C20H21ClN2O2S. The molecule has 6 heteroatoms. The van der Waals surface area contributed by atoms with Crippen LogP contribution in [0.2, 0.25) is 0 Å². The van der Waals surface area contributed by atoms with Gasteiger partial charge in [0.15, 0.2) is 0 Å². The van der Waals surface area contributed by atoms with Gasteiger partial charge in [0.2, 0.25) is 0 Å². The van der Waals surface area contributed by atoms with Crippen LogP contribution >= 0.6 is 12.4 Å². The van der Waals surface area contributed by atoms with Crippen molar-refractivity contribution in [3.05, 3.63) is 71.9 Å². The molecule has 136 valence electrons. The van der Waals surface area contributed by atoms with Gasteiger partial charge >= 0.3 is 0 Å². The number of benzene rings is 2. The van der Waals surface area contributed by atoms with Gasteiger partial charge in [-0.15, -0.1) is 12.4 Å². The van der Waals surface area contributed by atoms with Gasteiger partial charge in [-0.2, -0.15) is 0 Å². The molecular weight excluding hydrogens is 368 g/mol. The molecule has 0 fully saturated rings.